The van der Waals surface area contributed by atoms with Crippen LogP contribution in [0.5, 0.6) is 0 Å². The lowest BCUT2D eigenvalue weighted by atomic mass is 10.2. The van der Waals surface area contributed by atoms with Gasteiger partial charge in [0, 0.05) is 10.6 Å². The van der Waals surface area contributed by atoms with Crippen molar-refractivity contribution >= 4 is 35.3 Å². The van der Waals surface area contributed by atoms with Gasteiger partial charge in [-0.1, -0.05) is 25.5 Å². The number of halogens is 1. The number of anilines is 1. The van der Waals surface area contributed by atoms with Crippen LogP contribution in [-0.4, -0.2) is 36.8 Å². The van der Waals surface area contributed by atoms with Crippen molar-refractivity contribution in [1.82, 2.24) is 0 Å². The van der Waals surface area contributed by atoms with Crippen molar-refractivity contribution in [3.05, 3.63) is 59.9 Å². The minimum absolute atomic E-state index is 0.108. The first-order valence-electron chi connectivity index (χ1n) is 9.09. The van der Waals surface area contributed by atoms with Gasteiger partial charge in [-0.2, -0.15) is 0 Å². The maximum atomic E-state index is 13.5. The van der Waals surface area contributed by atoms with Crippen molar-refractivity contribution in [3.63, 3.8) is 0 Å². The lowest BCUT2D eigenvalue weighted by Crippen LogP contribution is -2.21. The molecule has 1 N–H and O–H groups in total. The third-order valence-electron chi connectivity index (χ3n) is 3.68. The van der Waals surface area contributed by atoms with Gasteiger partial charge < -0.3 is 14.8 Å². The van der Waals surface area contributed by atoms with E-state index in [0.29, 0.717) is 22.8 Å². The van der Waals surface area contributed by atoms with E-state index in [1.807, 2.05) is 6.92 Å². The topological polar surface area (TPSA) is 81.7 Å². The summed E-state index contributed by atoms with van der Waals surface area (Å²) < 4.78 is 23.5. The predicted octanol–water partition coefficient (Wildman–Crippen LogP) is 4.06. The van der Waals surface area contributed by atoms with E-state index >= 15 is 0 Å². The van der Waals surface area contributed by atoms with Crippen molar-refractivity contribution in [2.45, 2.75) is 24.7 Å². The molecule has 1 amide bonds. The summed E-state index contributed by atoms with van der Waals surface area (Å²) in [5.74, 6) is -2.09. The first-order valence-corrected chi connectivity index (χ1v) is 10.1. The quantitative estimate of drug-likeness (QED) is 0.355. The molecule has 2 aromatic rings. The Balaban J connectivity index is 1.72. The van der Waals surface area contributed by atoms with Gasteiger partial charge in [0.2, 0.25) is 0 Å². The summed E-state index contributed by atoms with van der Waals surface area (Å²) in [5.41, 5.74) is 0.840. The molecule has 6 nitrogen and oxygen atoms in total. The van der Waals surface area contributed by atoms with E-state index in [1.54, 1.807) is 42.5 Å². The Labute approximate surface area is 172 Å². The molecule has 0 heterocycles. The third kappa shape index (κ3) is 7.95. The number of nitrogens with one attached hydrogen (secondary N) is 1. The highest BCUT2D eigenvalue weighted by atomic mass is 32.2. The van der Waals surface area contributed by atoms with Gasteiger partial charge in [0.05, 0.1) is 17.9 Å². The van der Waals surface area contributed by atoms with Crippen LogP contribution in [0.4, 0.5) is 10.1 Å². The highest BCUT2D eigenvalue weighted by molar-refractivity contribution is 8.00. The number of rotatable bonds is 10. The van der Waals surface area contributed by atoms with Gasteiger partial charge in [0.15, 0.2) is 6.61 Å². The molecular weight excluding hydrogens is 397 g/mol. The van der Waals surface area contributed by atoms with E-state index in [4.69, 9.17) is 9.47 Å². The van der Waals surface area contributed by atoms with Crippen LogP contribution in [0, 0.1) is 5.82 Å². The van der Waals surface area contributed by atoms with E-state index in [0.717, 1.165) is 24.6 Å². The number of hydrogen-bond donors (Lipinski definition) is 1. The molecule has 0 atom stereocenters. The SMILES string of the molecule is CCCCOC(=O)c1ccc(NC(=O)COC(=O)CSc2ccccc2F)cc1. The summed E-state index contributed by atoms with van der Waals surface area (Å²) in [5, 5.41) is 2.56. The maximum Gasteiger partial charge on any atom is 0.338 e. The second-order valence-electron chi connectivity index (χ2n) is 5.99. The lowest BCUT2D eigenvalue weighted by Gasteiger charge is -2.08. The number of carbonyl (C=O) groups is 3. The van der Waals surface area contributed by atoms with E-state index in [1.165, 1.54) is 6.07 Å². The summed E-state index contributed by atoms with van der Waals surface area (Å²) in [6.07, 6.45) is 1.74. The van der Waals surface area contributed by atoms with E-state index < -0.39 is 30.3 Å². The Morgan fingerprint density at radius 3 is 2.45 bits per heavy atom. The van der Waals surface area contributed by atoms with Crippen molar-refractivity contribution in [3.8, 4) is 0 Å². The van der Waals surface area contributed by atoms with Gasteiger partial charge in [-0.25, -0.2) is 9.18 Å². The Morgan fingerprint density at radius 1 is 1.03 bits per heavy atom. The van der Waals surface area contributed by atoms with E-state index in [-0.39, 0.29) is 5.75 Å². The zero-order chi connectivity index (χ0) is 21.1. The van der Waals surface area contributed by atoms with Crippen LogP contribution in [0.1, 0.15) is 30.1 Å². The predicted molar refractivity (Wildman–Crippen MR) is 108 cm³/mol. The van der Waals surface area contributed by atoms with Gasteiger partial charge in [0.25, 0.3) is 5.91 Å². The standard InChI is InChI=1S/C21H22FNO5S/c1-2-3-12-27-21(26)15-8-10-16(11-9-15)23-19(24)13-28-20(25)14-29-18-7-5-4-6-17(18)22/h4-11H,2-3,12-14H2,1H3,(H,23,24). The molecule has 0 aromatic heterocycles. The van der Waals surface area contributed by atoms with Crippen LogP contribution in [-0.2, 0) is 19.1 Å². The second kappa shape index (κ2) is 11.9. The highest BCUT2D eigenvalue weighted by Gasteiger charge is 2.11. The van der Waals surface area contributed by atoms with Crippen molar-refractivity contribution in [2.75, 3.05) is 24.3 Å². The van der Waals surface area contributed by atoms with Crippen LogP contribution in [0.25, 0.3) is 0 Å². The summed E-state index contributed by atoms with van der Waals surface area (Å²) in [6, 6.07) is 12.3. The summed E-state index contributed by atoms with van der Waals surface area (Å²) >= 11 is 0.997. The van der Waals surface area contributed by atoms with E-state index in [9.17, 15) is 18.8 Å². The fraction of sp³-hybridized carbons (Fsp3) is 0.286. The van der Waals surface area contributed by atoms with Crippen LogP contribution in [0.15, 0.2) is 53.4 Å². The lowest BCUT2D eigenvalue weighted by molar-refractivity contribution is -0.144. The van der Waals surface area contributed by atoms with Gasteiger partial charge >= 0.3 is 11.9 Å². The van der Waals surface area contributed by atoms with Gasteiger partial charge in [-0.3, -0.25) is 9.59 Å². The fourth-order valence-corrected chi connectivity index (χ4v) is 2.90. The fourth-order valence-electron chi connectivity index (χ4n) is 2.17. The Kier molecular flexibility index (Phi) is 9.17. The monoisotopic (exact) mass is 419 g/mol. The smallest absolute Gasteiger partial charge is 0.338 e. The highest BCUT2D eigenvalue weighted by Crippen LogP contribution is 2.21. The number of esters is 2. The first kappa shape index (κ1) is 22.4. The summed E-state index contributed by atoms with van der Waals surface area (Å²) in [4.78, 5) is 35.8. The molecule has 29 heavy (non-hydrogen) atoms. The summed E-state index contributed by atoms with van der Waals surface area (Å²) in [6.45, 7) is 1.91. The van der Waals surface area contributed by atoms with Crippen LogP contribution < -0.4 is 5.32 Å². The molecule has 0 spiro atoms. The molecule has 0 aliphatic rings. The average Bonchev–Trinajstić information content (AvgIpc) is 2.72. The molecular formula is C21H22FNO5S. The molecule has 0 bridgehead atoms. The molecule has 154 valence electrons. The largest absolute Gasteiger partial charge is 0.462 e. The summed E-state index contributed by atoms with van der Waals surface area (Å²) in [7, 11) is 0. The molecule has 0 radical (unpaired) electrons. The second-order valence-corrected chi connectivity index (χ2v) is 7.01. The Bertz CT molecular complexity index is 841. The van der Waals surface area contributed by atoms with Crippen LogP contribution >= 0.6 is 11.8 Å². The van der Waals surface area contributed by atoms with Gasteiger partial charge in [-0.05, 0) is 42.8 Å². The number of amides is 1. The van der Waals surface area contributed by atoms with Crippen molar-refractivity contribution in [2.24, 2.45) is 0 Å². The van der Waals surface area contributed by atoms with Gasteiger partial charge in [-0.15, -0.1) is 11.8 Å². The number of benzene rings is 2. The van der Waals surface area contributed by atoms with E-state index in [2.05, 4.69) is 5.32 Å². The Morgan fingerprint density at radius 2 is 1.76 bits per heavy atom. The van der Waals surface area contributed by atoms with Crippen LogP contribution in [0.3, 0.4) is 0 Å². The Hall–Kier alpha value is -2.87. The maximum absolute atomic E-state index is 13.5. The number of carbonyl (C=O) groups excluding carboxylic acids is 3. The number of ether oxygens (including phenoxy) is 2. The molecule has 0 saturated heterocycles. The van der Waals surface area contributed by atoms with Crippen molar-refractivity contribution < 1.29 is 28.2 Å². The molecule has 0 unspecified atom stereocenters. The zero-order valence-electron chi connectivity index (χ0n) is 16.0. The number of hydrogen-bond acceptors (Lipinski definition) is 6. The minimum Gasteiger partial charge on any atom is -0.462 e. The minimum atomic E-state index is -0.626. The number of unbranched alkanes of at least 4 members (excludes halogenated alkanes) is 1. The van der Waals surface area contributed by atoms with Gasteiger partial charge in [0.1, 0.15) is 5.82 Å². The first-order chi connectivity index (χ1) is 14.0. The third-order valence-corrected chi connectivity index (χ3v) is 4.70. The molecule has 0 aliphatic carbocycles. The molecule has 0 aliphatic heterocycles. The molecule has 2 aromatic carbocycles. The normalized spacial score (nSPS) is 10.3. The molecule has 0 fully saturated rings. The zero-order valence-corrected chi connectivity index (χ0v) is 16.8. The average molecular weight is 419 g/mol. The molecule has 2 rings (SSSR count). The molecule has 0 saturated carbocycles. The molecule has 8 heteroatoms. The number of thioether (sulfide) groups is 1. The van der Waals surface area contributed by atoms with Crippen molar-refractivity contribution in [1.29, 1.82) is 0 Å². The van der Waals surface area contributed by atoms with Crippen LogP contribution in [0.2, 0.25) is 0 Å².